The smallest absolute Gasteiger partial charge is 0.412 e. The number of ether oxygens (including phenoxy) is 3. The molecule has 3 rings (SSSR count). The summed E-state index contributed by atoms with van der Waals surface area (Å²) in [6.45, 7) is 2.05. The molecule has 0 saturated carbocycles. The largest absolute Gasteiger partial charge is 0.491 e. The molecule has 0 bridgehead atoms. The first-order chi connectivity index (χ1) is 15.7. The molecule has 0 radical (unpaired) electrons. The van der Waals surface area contributed by atoms with E-state index in [1.807, 2.05) is 55.5 Å². The van der Waals surface area contributed by atoms with Crippen LogP contribution in [0.4, 0.5) is 10.5 Å². The molecule has 3 N–H and O–H groups in total. The number of anilines is 1. The van der Waals surface area contributed by atoms with Crippen molar-refractivity contribution < 1.29 is 29.2 Å². The van der Waals surface area contributed by atoms with E-state index < -0.39 is 18.3 Å². The number of carbonyl (C=O) groups is 1. The zero-order chi connectivity index (χ0) is 22.8. The summed E-state index contributed by atoms with van der Waals surface area (Å²) in [5, 5.41) is 23.4. The van der Waals surface area contributed by atoms with Crippen LogP contribution < -0.4 is 10.1 Å². The molecular formula is C25H29NO6. The lowest BCUT2D eigenvalue weighted by molar-refractivity contribution is -0.0493. The van der Waals surface area contributed by atoms with Crippen molar-refractivity contribution in [3.05, 3.63) is 72.3 Å². The van der Waals surface area contributed by atoms with Crippen LogP contribution in [0.15, 0.2) is 66.7 Å². The van der Waals surface area contributed by atoms with Gasteiger partial charge in [-0.3, -0.25) is 5.32 Å². The molecule has 0 spiro atoms. The Labute approximate surface area is 187 Å². The molecule has 0 aromatic heterocycles. The van der Waals surface area contributed by atoms with E-state index in [1.165, 1.54) is 0 Å². The SMILES string of the molecule is CCO[C@H](CCO)[C@H](OC(=O)Nc1cccc2ccccc12)c1ccccc1OCCO. The number of hydrogen-bond acceptors (Lipinski definition) is 6. The molecule has 0 aliphatic rings. The Hall–Kier alpha value is -3.13. The molecule has 0 aliphatic heterocycles. The van der Waals surface area contributed by atoms with Gasteiger partial charge in [-0.25, -0.2) is 4.79 Å². The summed E-state index contributed by atoms with van der Waals surface area (Å²) in [5.74, 6) is 0.479. The monoisotopic (exact) mass is 439 g/mol. The van der Waals surface area contributed by atoms with Crippen molar-refractivity contribution in [2.24, 2.45) is 0 Å². The number of amides is 1. The number of aliphatic hydroxyl groups is 2. The van der Waals surface area contributed by atoms with Crippen LogP contribution in [0.5, 0.6) is 5.75 Å². The van der Waals surface area contributed by atoms with Crippen molar-refractivity contribution in [3.63, 3.8) is 0 Å². The summed E-state index contributed by atoms with van der Waals surface area (Å²) < 4.78 is 17.3. The van der Waals surface area contributed by atoms with Gasteiger partial charge in [0.15, 0.2) is 6.10 Å². The van der Waals surface area contributed by atoms with Gasteiger partial charge in [-0.1, -0.05) is 54.6 Å². The number of carbonyl (C=O) groups excluding carboxylic acids is 1. The number of benzene rings is 3. The molecule has 0 aliphatic carbocycles. The van der Waals surface area contributed by atoms with Gasteiger partial charge in [0.1, 0.15) is 18.5 Å². The fraction of sp³-hybridized carbons (Fsp3) is 0.320. The normalized spacial score (nSPS) is 12.8. The Morgan fingerprint density at radius 3 is 2.50 bits per heavy atom. The third kappa shape index (κ3) is 5.97. The standard InChI is InChI=1S/C25H29NO6/c1-2-30-23(14-15-27)24(20-11-5-6-13-22(20)31-17-16-28)32-25(29)26-21-12-7-9-18-8-3-4-10-19(18)21/h3-13,23-24,27-28H,2,14-17H2,1H3,(H,26,29)/t23-,24-/m1/s1. The molecule has 0 saturated heterocycles. The number of rotatable bonds is 11. The Kier molecular flexibility index (Phi) is 8.86. The first kappa shape index (κ1) is 23.5. The first-order valence-corrected chi connectivity index (χ1v) is 10.7. The molecule has 0 heterocycles. The van der Waals surface area contributed by atoms with Crippen molar-refractivity contribution >= 4 is 22.6 Å². The van der Waals surface area contributed by atoms with Crippen LogP contribution in [-0.2, 0) is 9.47 Å². The second kappa shape index (κ2) is 12.0. The van der Waals surface area contributed by atoms with Crippen LogP contribution in [0, 0.1) is 0 Å². The summed E-state index contributed by atoms with van der Waals surface area (Å²) >= 11 is 0. The third-order valence-corrected chi connectivity index (χ3v) is 4.97. The van der Waals surface area contributed by atoms with Crippen LogP contribution >= 0.6 is 0 Å². The Morgan fingerprint density at radius 2 is 1.72 bits per heavy atom. The third-order valence-electron chi connectivity index (χ3n) is 4.97. The molecule has 170 valence electrons. The molecular weight excluding hydrogens is 410 g/mol. The zero-order valence-electron chi connectivity index (χ0n) is 18.1. The van der Waals surface area contributed by atoms with E-state index in [4.69, 9.17) is 19.3 Å². The molecule has 0 fully saturated rings. The average Bonchev–Trinajstić information content (AvgIpc) is 2.82. The van der Waals surface area contributed by atoms with Gasteiger partial charge in [0.2, 0.25) is 0 Å². The number of hydrogen-bond donors (Lipinski definition) is 3. The second-order valence-electron chi connectivity index (χ2n) is 7.09. The Bertz CT molecular complexity index is 997. The minimum Gasteiger partial charge on any atom is -0.491 e. The van der Waals surface area contributed by atoms with Crippen LogP contribution in [0.3, 0.4) is 0 Å². The van der Waals surface area contributed by atoms with Gasteiger partial charge < -0.3 is 24.4 Å². The molecule has 0 unspecified atom stereocenters. The summed E-state index contributed by atoms with van der Waals surface area (Å²) in [6, 6.07) is 20.5. The highest BCUT2D eigenvalue weighted by Crippen LogP contribution is 2.33. The van der Waals surface area contributed by atoms with E-state index in [0.717, 1.165) is 10.8 Å². The number of nitrogens with one attached hydrogen (secondary N) is 1. The molecule has 2 atom stereocenters. The topological polar surface area (TPSA) is 97.2 Å². The molecule has 3 aromatic carbocycles. The predicted molar refractivity (Wildman–Crippen MR) is 123 cm³/mol. The lowest BCUT2D eigenvalue weighted by Gasteiger charge is -2.28. The summed E-state index contributed by atoms with van der Waals surface area (Å²) in [4.78, 5) is 12.9. The van der Waals surface area contributed by atoms with Crippen LogP contribution in [0.1, 0.15) is 25.0 Å². The number of fused-ring (bicyclic) bond motifs is 1. The quantitative estimate of drug-likeness (QED) is 0.412. The van der Waals surface area contributed by atoms with Crippen molar-refractivity contribution in [2.45, 2.75) is 25.6 Å². The van der Waals surface area contributed by atoms with Gasteiger partial charge in [-0.05, 0) is 24.4 Å². The average molecular weight is 440 g/mol. The molecule has 1 amide bonds. The highest BCUT2D eigenvalue weighted by molar-refractivity contribution is 6.00. The molecule has 3 aromatic rings. The molecule has 32 heavy (non-hydrogen) atoms. The van der Waals surface area contributed by atoms with Crippen LogP contribution in [-0.4, -0.2) is 48.8 Å². The van der Waals surface area contributed by atoms with Crippen molar-refractivity contribution in [2.75, 3.05) is 31.7 Å². The minimum absolute atomic E-state index is 0.102. The van der Waals surface area contributed by atoms with E-state index in [2.05, 4.69) is 5.32 Å². The van der Waals surface area contributed by atoms with Gasteiger partial charge in [0.05, 0.1) is 12.3 Å². The first-order valence-electron chi connectivity index (χ1n) is 10.7. The summed E-state index contributed by atoms with van der Waals surface area (Å²) in [7, 11) is 0. The lowest BCUT2D eigenvalue weighted by atomic mass is 10.0. The van der Waals surface area contributed by atoms with E-state index in [-0.39, 0.29) is 26.2 Å². The lowest BCUT2D eigenvalue weighted by Crippen LogP contribution is -2.30. The number of para-hydroxylation sites is 1. The van der Waals surface area contributed by atoms with Crippen LogP contribution in [0.25, 0.3) is 10.8 Å². The van der Waals surface area contributed by atoms with Gasteiger partial charge in [0, 0.05) is 30.6 Å². The van der Waals surface area contributed by atoms with Gasteiger partial charge >= 0.3 is 6.09 Å². The highest BCUT2D eigenvalue weighted by atomic mass is 16.6. The molecule has 7 nitrogen and oxygen atoms in total. The number of aliphatic hydroxyl groups excluding tert-OH is 2. The maximum Gasteiger partial charge on any atom is 0.412 e. The maximum atomic E-state index is 12.9. The second-order valence-corrected chi connectivity index (χ2v) is 7.09. The van der Waals surface area contributed by atoms with Gasteiger partial charge in [-0.15, -0.1) is 0 Å². The fourth-order valence-corrected chi connectivity index (χ4v) is 3.59. The van der Waals surface area contributed by atoms with E-state index in [1.54, 1.807) is 18.2 Å². The van der Waals surface area contributed by atoms with Crippen molar-refractivity contribution in [1.29, 1.82) is 0 Å². The predicted octanol–water partition coefficient (Wildman–Crippen LogP) is 4.29. The van der Waals surface area contributed by atoms with Crippen LogP contribution in [0.2, 0.25) is 0 Å². The zero-order valence-corrected chi connectivity index (χ0v) is 18.1. The maximum absolute atomic E-state index is 12.9. The van der Waals surface area contributed by atoms with E-state index >= 15 is 0 Å². The Morgan fingerprint density at radius 1 is 0.969 bits per heavy atom. The van der Waals surface area contributed by atoms with E-state index in [9.17, 15) is 9.90 Å². The summed E-state index contributed by atoms with van der Waals surface area (Å²) in [5.41, 5.74) is 1.23. The minimum atomic E-state index is -0.827. The highest BCUT2D eigenvalue weighted by Gasteiger charge is 2.30. The summed E-state index contributed by atoms with van der Waals surface area (Å²) in [6.07, 6.45) is -1.78. The van der Waals surface area contributed by atoms with Gasteiger partial charge in [0.25, 0.3) is 0 Å². The van der Waals surface area contributed by atoms with Crippen molar-refractivity contribution in [1.82, 2.24) is 0 Å². The van der Waals surface area contributed by atoms with Crippen molar-refractivity contribution in [3.8, 4) is 5.75 Å². The molecule has 7 heteroatoms. The Balaban J connectivity index is 1.89. The van der Waals surface area contributed by atoms with Gasteiger partial charge in [-0.2, -0.15) is 0 Å². The fourth-order valence-electron chi connectivity index (χ4n) is 3.59. The van der Waals surface area contributed by atoms with E-state index in [0.29, 0.717) is 23.6 Å².